The number of carboxylic acids is 1. The topological polar surface area (TPSA) is 93.1 Å². The van der Waals surface area contributed by atoms with Crippen LogP contribution in [0.15, 0.2) is 23.1 Å². The van der Waals surface area contributed by atoms with Crippen LogP contribution in [-0.4, -0.2) is 49.6 Å². The number of carbonyl (C=O) groups is 1. The van der Waals surface area contributed by atoms with Crippen LogP contribution in [0, 0.1) is 0 Å². The lowest BCUT2D eigenvalue weighted by Gasteiger charge is -2.24. The first kappa shape index (κ1) is 19.2. The summed E-state index contributed by atoms with van der Waals surface area (Å²) in [7, 11) is -3.95. The van der Waals surface area contributed by atoms with Crippen LogP contribution in [0.25, 0.3) is 0 Å². The minimum Gasteiger partial charge on any atom is -0.490 e. The molecule has 0 saturated carbocycles. The second kappa shape index (κ2) is 8.16. The van der Waals surface area contributed by atoms with E-state index in [0.29, 0.717) is 24.7 Å². The second-order valence-electron chi connectivity index (χ2n) is 5.01. The molecule has 0 aliphatic carbocycles. The SMILES string of the molecule is CCOc1ccc(S(=O)(=O)N(CC(=O)O)C(C)C)cc1OCC. The minimum absolute atomic E-state index is 0.0284. The summed E-state index contributed by atoms with van der Waals surface area (Å²) in [5.74, 6) is -0.449. The summed E-state index contributed by atoms with van der Waals surface area (Å²) in [6, 6.07) is 3.78. The fourth-order valence-corrected chi connectivity index (χ4v) is 3.61. The second-order valence-corrected chi connectivity index (χ2v) is 6.90. The summed E-state index contributed by atoms with van der Waals surface area (Å²) < 4.78 is 37.2. The standard InChI is InChI=1S/C15H23NO6S/c1-5-21-13-8-7-12(9-14(13)22-6-2)23(19,20)16(11(3)4)10-15(17)18/h7-9,11H,5-6,10H2,1-4H3,(H,17,18). The first-order valence-corrected chi connectivity index (χ1v) is 8.81. The number of hydrogen-bond donors (Lipinski definition) is 1. The van der Waals surface area contributed by atoms with Crippen molar-refractivity contribution < 1.29 is 27.8 Å². The lowest BCUT2D eigenvalue weighted by Crippen LogP contribution is -2.40. The third-order valence-corrected chi connectivity index (χ3v) is 5.01. The Morgan fingerprint density at radius 2 is 1.74 bits per heavy atom. The fourth-order valence-electron chi connectivity index (χ4n) is 2.01. The molecule has 130 valence electrons. The van der Waals surface area contributed by atoms with Gasteiger partial charge < -0.3 is 14.6 Å². The molecule has 8 heteroatoms. The van der Waals surface area contributed by atoms with Gasteiger partial charge in [-0.3, -0.25) is 4.79 Å². The van der Waals surface area contributed by atoms with Crippen molar-refractivity contribution in [2.45, 2.75) is 38.6 Å². The number of ether oxygens (including phenoxy) is 2. The zero-order chi connectivity index (χ0) is 17.6. The highest BCUT2D eigenvalue weighted by atomic mass is 32.2. The average molecular weight is 345 g/mol. The van der Waals surface area contributed by atoms with Gasteiger partial charge in [0, 0.05) is 12.1 Å². The Morgan fingerprint density at radius 1 is 1.17 bits per heavy atom. The fraction of sp³-hybridized carbons (Fsp3) is 0.533. The molecule has 1 N–H and O–H groups in total. The van der Waals surface area contributed by atoms with Gasteiger partial charge in [0.1, 0.15) is 6.54 Å². The third kappa shape index (κ3) is 4.84. The molecule has 0 aromatic heterocycles. The number of hydrogen-bond acceptors (Lipinski definition) is 5. The minimum atomic E-state index is -3.95. The van der Waals surface area contributed by atoms with E-state index >= 15 is 0 Å². The van der Waals surface area contributed by atoms with Crippen molar-refractivity contribution >= 4 is 16.0 Å². The van der Waals surface area contributed by atoms with E-state index in [1.165, 1.54) is 18.2 Å². The van der Waals surface area contributed by atoms with Gasteiger partial charge in [0.15, 0.2) is 11.5 Å². The van der Waals surface area contributed by atoms with E-state index in [1.54, 1.807) is 20.8 Å². The largest absolute Gasteiger partial charge is 0.490 e. The van der Waals surface area contributed by atoms with Gasteiger partial charge in [0.05, 0.1) is 18.1 Å². The molecule has 0 fully saturated rings. The molecule has 23 heavy (non-hydrogen) atoms. The highest BCUT2D eigenvalue weighted by Gasteiger charge is 2.29. The quantitative estimate of drug-likeness (QED) is 0.735. The predicted molar refractivity (Wildman–Crippen MR) is 85.4 cm³/mol. The van der Waals surface area contributed by atoms with Crippen molar-refractivity contribution in [2.24, 2.45) is 0 Å². The van der Waals surface area contributed by atoms with E-state index in [0.717, 1.165) is 4.31 Å². The highest BCUT2D eigenvalue weighted by Crippen LogP contribution is 2.31. The highest BCUT2D eigenvalue weighted by molar-refractivity contribution is 7.89. The lowest BCUT2D eigenvalue weighted by atomic mass is 10.3. The van der Waals surface area contributed by atoms with Crippen LogP contribution in [0.2, 0.25) is 0 Å². The summed E-state index contributed by atoms with van der Waals surface area (Å²) in [5, 5.41) is 8.95. The third-order valence-electron chi connectivity index (χ3n) is 2.99. The van der Waals surface area contributed by atoms with Crippen molar-refractivity contribution in [2.75, 3.05) is 19.8 Å². The maximum absolute atomic E-state index is 12.7. The van der Waals surface area contributed by atoms with Crippen LogP contribution >= 0.6 is 0 Å². The molecule has 0 heterocycles. The Hall–Kier alpha value is -1.80. The van der Waals surface area contributed by atoms with Crippen LogP contribution in [-0.2, 0) is 14.8 Å². The molecule has 0 spiro atoms. The van der Waals surface area contributed by atoms with Gasteiger partial charge in [-0.25, -0.2) is 8.42 Å². The van der Waals surface area contributed by atoms with Crippen molar-refractivity contribution in [1.82, 2.24) is 4.31 Å². The number of sulfonamides is 1. The number of benzene rings is 1. The number of rotatable bonds is 9. The monoisotopic (exact) mass is 345 g/mol. The van der Waals surface area contributed by atoms with Crippen LogP contribution in [0.3, 0.4) is 0 Å². The van der Waals surface area contributed by atoms with Crippen molar-refractivity contribution in [1.29, 1.82) is 0 Å². The van der Waals surface area contributed by atoms with Gasteiger partial charge in [-0.1, -0.05) is 0 Å². The molecule has 0 atom stereocenters. The van der Waals surface area contributed by atoms with Gasteiger partial charge in [-0.15, -0.1) is 0 Å². The molecule has 1 rings (SSSR count). The molecule has 0 aliphatic rings. The Labute approximate surface area is 136 Å². The predicted octanol–water partition coefficient (Wildman–Crippen LogP) is 1.97. The van der Waals surface area contributed by atoms with Crippen LogP contribution in [0.5, 0.6) is 11.5 Å². The first-order chi connectivity index (χ1) is 10.7. The molecular formula is C15H23NO6S. The van der Waals surface area contributed by atoms with Crippen molar-refractivity contribution in [3.8, 4) is 11.5 Å². The van der Waals surface area contributed by atoms with Gasteiger partial charge in [-0.05, 0) is 39.8 Å². The molecule has 7 nitrogen and oxygen atoms in total. The van der Waals surface area contributed by atoms with Crippen LogP contribution in [0.4, 0.5) is 0 Å². The Bertz CT molecular complexity index is 641. The smallest absolute Gasteiger partial charge is 0.318 e. The number of aliphatic carboxylic acids is 1. The lowest BCUT2D eigenvalue weighted by molar-refractivity contribution is -0.137. The van der Waals surface area contributed by atoms with Crippen molar-refractivity contribution in [3.63, 3.8) is 0 Å². The van der Waals surface area contributed by atoms with Gasteiger partial charge in [0.25, 0.3) is 0 Å². The molecule has 1 aromatic carbocycles. The van der Waals surface area contributed by atoms with E-state index in [2.05, 4.69) is 0 Å². The molecular weight excluding hydrogens is 322 g/mol. The van der Waals surface area contributed by atoms with E-state index in [1.807, 2.05) is 6.92 Å². The van der Waals surface area contributed by atoms with Crippen molar-refractivity contribution in [3.05, 3.63) is 18.2 Å². The van der Waals surface area contributed by atoms with E-state index in [9.17, 15) is 13.2 Å². The Balaban J connectivity index is 3.30. The Morgan fingerprint density at radius 3 is 2.22 bits per heavy atom. The average Bonchev–Trinajstić information content (AvgIpc) is 2.46. The Kier molecular flexibility index (Phi) is 6.83. The molecule has 0 saturated heterocycles. The van der Waals surface area contributed by atoms with Gasteiger partial charge in [0.2, 0.25) is 10.0 Å². The van der Waals surface area contributed by atoms with E-state index < -0.39 is 28.6 Å². The van der Waals surface area contributed by atoms with Crippen LogP contribution < -0.4 is 9.47 Å². The molecule has 0 aliphatic heterocycles. The summed E-state index contributed by atoms with van der Waals surface area (Å²) in [4.78, 5) is 10.9. The molecule has 1 aromatic rings. The molecule has 0 amide bonds. The van der Waals surface area contributed by atoms with Gasteiger partial charge >= 0.3 is 5.97 Å². The first-order valence-electron chi connectivity index (χ1n) is 7.37. The summed E-state index contributed by atoms with van der Waals surface area (Å²) >= 11 is 0. The van der Waals surface area contributed by atoms with Crippen LogP contribution in [0.1, 0.15) is 27.7 Å². The molecule has 0 bridgehead atoms. The van der Waals surface area contributed by atoms with E-state index in [4.69, 9.17) is 14.6 Å². The summed E-state index contributed by atoms with van der Waals surface area (Å²) in [6.07, 6.45) is 0. The number of nitrogens with zero attached hydrogens (tertiary/aromatic N) is 1. The zero-order valence-electron chi connectivity index (χ0n) is 13.8. The maximum Gasteiger partial charge on any atom is 0.318 e. The zero-order valence-corrected chi connectivity index (χ0v) is 14.6. The van der Waals surface area contributed by atoms with E-state index in [-0.39, 0.29) is 4.90 Å². The summed E-state index contributed by atoms with van der Waals surface area (Å²) in [6.45, 7) is 7.01. The number of carboxylic acid groups (broad SMARTS) is 1. The van der Waals surface area contributed by atoms with Gasteiger partial charge in [-0.2, -0.15) is 4.31 Å². The normalized spacial score (nSPS) is 11.7. The maximum atomic E-state index is 12.7. The molecule has 0 unspecified atom stereocenters. The summed E-state index contributed by atoms with van der Waals surface area (Å²) in [5.41, 5.74) is 0. The molecule has 0 radical (unpaired) electrons.